The number of pyridine rings is 1. The standard InChI is InChI=1S/C18H18F3N3O3S/c19-18(20,21)15-6-7-16(22-12-15)17(25)23-8-10-24(11-9-23)28(26,27)13-14-4-2-1-3-5-14/h1-7,12H,8-11,13H2. The van der Waals surface area contributed by atoms with Gasteiger partial charge in [0.05, 0.1) is 11.3 Å². The second kappa shape index (κ2) is 7.88. The van der Waals surface area contributed by atoms with E-state index in [9.17, 15) is 26.4 Å². The molecule has 1 aliphatic rings. The summed E-state index contributed by atoms with van der Waals surface area (Å²) in [7, 11) is -3.52. The first-order chi connectivity index (χ1) is 13.2. The number of rotatable bonds is 4. The van der Waals surface area contributed by atoms with Crippen LogP contribution < -0.4 is 0 Å². The lowest BCUT2D eigenvalue weighted by Crippen LogP contribution is -2.50. The predicted octanol–water partition coefficient (Wildman–Crippen LogP) is 2.39. The molecular formula is C18H18F3N3O3S. The maximum atomic E-state index is 12.6. The van der Waals surface area contributed by atoms with Crippen molar-refractivity contribution in [3.63, 3.8) is 0 Å². The SMILES string of the molecule is O=C(c1ccc(C(F)(F)F)cn1)N1CCN(S(=O)(=O)Cc2ccccc2)CC1. The number of benzene rings is 1. The highest BCUT2D eigenvalue weighted by Crippen LogP contribution is 2.28. The van der Waals surface area contributed by atoms with E-state index in [0.29, 0.717) is 11.8 Å². The largest absolute Gasteiger partial charge is 0.417 e. The summed E-state index contributed by atoms with van der Waals surface area (Å²) >= 11 is 0. The van der Waals surface area contributed by atoms with Crippen molar-refractivity contribution in [3.05, 3.63) is 65.5 Å². The second-order valence-corrected chi connectivity index (χ2v) is 8.33. The summed E-state index contributed by atoms with van der Waals surface area (Å²) < 4.78 is 64.2. The van der Waals surface area contributed by atoms with Gasteiger partial charge in [-0.25, -0.2) is 8.42 Å². The Kier molecular flexibility index (Phi) is 5.71. The third-order valence-electron chi connectivity index (χ3n) is 4.42. The molecule has 3 rings (SSSR count). The van der Waals surface area contributed by atoms with Crippen LogP contribution in [0.5, 0.6) is 0 Å². The third-order valence-corrected chi connectivity index (χ3v) is 6.27. The summed E-state index contributed by atoms with van der Waals surface area (Å²) in [4.78, 5) is 17.4. The van der Waals surface area contributed by atoms with E-state index in [1.165, 1.54) is 9.21 Å². The van der Waals surface area contributed by atoms with E-state index in [-0.39, 0.29) is 37.6 Å². The molecule has 150 valence electrons. The second-order valence-electron chi connectivity index (χ2n) is 6.36. The number of carbonyl (C=O) groups is 1. The lowest BCUT2D eigenvalue weighted by molar-refractivity contribution is -0.137. The molecule has 1 fully saturated rings. The lowest BCUT2D eigenvalue weighted by Gasteiger charge is -2.33. The summed E-state index contributed by atoms with van der Waals surface area (Å²) in [5.74, 6) is -0.642. The molecule has 0 unspecified atom stereocenters. The van der Waals surface area contributed by atoms with Crippen LogP contribution >= 0.6 is 0 Å². The normalized spacial score (nSPS) is 16.2. The average molecular weight is 413 g/mol. The first kappa shape index (κ1) is 20.3. The van der Waals surface area contributed by atoms with Crippen molar-refractivity contribution in [1.29, 1.82) is 0 Å². The summed E-state index contributed by atoms with van der Waals surface area (Å²) in [5, 5.41) is 0. The number of hydrogen-bond donors (Lipinski definition) is 0. The molecule has 0 aliphatic carbocycles. The van der Waals surface area contributed by atoms with Crippen molar-refractivity contribution in [2.75, 3.05) is 26.2 Å². The minimum atomic E-state index is -4.52. The van der Waals surface area contributed by atoms with Crippen molar-refractivity contribution in [1.82, 2.24) is 14.2 Å². The number of hydrogen-bond acceptors (Lipinski definition) is 4. The van der Waals surface area contributed by atoms with E-state index >= 15 is 0 Å². The van der Waals surface area contributed by atoms with Gasteiger partial charge in [0.2, 0.25) is 10.0 Å². The summed E-state index contributed by atoms with van der Waals surface area (Å²) in [6.07, 6.45) is -3.90. The van der Waals surface area contributed by atoms with Crippen LogP contribution in [0.1, 0.15) is 21.6 Å². The highest BCUT2D eigenvalue weighted by atomic mass is 32.2. The zero-order valence-electron chi connectivity index (χ0n) is 14.8. The van der Waals surface area contributed by atoms with Gasteiger partial charge in [0, 0.05) is 32.4 Å². The van der Waals surface area contributed by atoms with E-state index in [4.69, 9.17) is 0 Å². The first-order valence-corrected chi connectivity index (χ1v) is 10.1. The van der Waals surface area contributed by atoms with Crippen molar-refractivity contribution in [2.24, 2.45) is 0 Å². The molecule has 0 N–H and O–H groups in total. The Labute approximate surface area is 160 Å². The minimum absolute atomic E-state index is 0.103. The molecule has 0 radical (unpaired) electrons. The Bertz CT molecular complexity index is 924. The van der Waals surface area contributed by atoms with E-state index in [1.807, 2.05) is 0 Å². The van der Waals surface area contributed by atoms with Crippen LogP contribution in [0.4, 0.5) is 13.2 Å². The fraction of sp³-hybridized carbons (Fsp3) is 0.333. The van der Waals surface area contributed by atoms with Crippen LogP contribution in [0.3, 0.4) is 0 Å². The summed E-state index contributed by atoms with van der Waals surface area (Å²) in [6, 6.07) is 10.6. The molecule has 6 nitrogen and oxygen atoms in total. The zero-order chi connectivity index (χ0) is 20.4. The van der Waals surface area contributed by atoms with Crippen LogP contribution in [0, 0.1) is 0 Å². The Hall–Kier alpha value is -2.46. The molecule has 1 aromatic carbocycles. The Balaban J connectivity index is 1.61. The van der Waals surface area contributed by atoms with E-state index in [2.05, 4.69) is 4.98 Å². The van der Waals surface area contributed by atoms with Crippen molar-refractivity contribution >= 4 is 15.9 Å². The van der Waals surface area contributed by atoms with Crippen molar-refractivity contribution in [2.45, 2.75) is 11.9 Å². The van der Waals surface area contributed by atoms with Gasteiger partial charge in [0.1, 0.15) is 5.69 Å². The van der Waals surface area contributed by atoms with Crippen LogP contribution in [-0.2, 0) is 22.0 Å². The van der Waals surface area contributed by atoms with Gasteiger partial charge in [0.25, 0.3) is 5.91 Å². The molecule has 0 spiro atoms. The summed E-state index contributed by atoms with van der Waals surface area (Å²) in [5.41, 5.74) is -0.357. The topological polar surface area (TPSA) is 70.6 Å². The Morgan fingerprint density at radius 1 is 1.00 bits per heavy atom. The zero-order valence-corrected chi connectivity index (χ0v) is 15.6. The Morgan fingerprint density at radius 2 is 1.64 bits per heavy atom. The van der Waals surface area contributed by atoms with Crippen LogP contribution in [0.15, 0.2) is 48.7 Å². The highest BCUT2D eigenvalue weighted by Gasteiger charge is 2.32. The van der Waals surface area contributed by atoms with Crippen LogP contribution in [0.2, 0.25) is 0 Å². The molecule has 0 atom stereocenters. The van der Waals surface area contributed by atoms with Gasteiger partial charge in [-0.15, -0.1) is 0 Å². The van der Waals surface area contributed by atoms with Gasteiger partial charge >= 0.3 is 6.18 Å². The number of amides is 1. The molecule has 1 amide bonds. The molecule has 10 heteroatoms. The number of alkyl halides is 3. The minimum Gasteiger partial charge on any atom is -0.335 e. The number of sulfonamides is 1. The summed E-state index contributed by atoms with van der Waals surface area (Å²) in [6.45, 7) is 0.550. The van der Waals surface area contributed by atoms with Gasteiger partial charge in [0.15, 0.2) is 0 Å². The van der Waals surface area contributed by atoms with Crippen LogP contribution in [0.25, 0.3) is 0 Å². The van der Waals surface area contributed by atoms with Crippen LogP contribution in [-0.4, -0.2) is 54.7 Å². The van der Waals surface area contributed by atoms with Gasteiger partial charge in [-0.05, 0) is 17.7 Å². The van der Waals surface area contributed by atoms with E-state index in [1.54, 1.807) is 30.3 Å². The molecule has 2 aromatic rings. The fourth-order valence-electron chi connectivity index (χ4n) is 2.90. The monoisotopic (exact) mass is 413 g/mol. The van der Waals surface area contributed by atoms with E-state index in [0.717, 1.165) is 12.1 Å². The average Bonchev–Trinajstić information content (AvgIpc) is 2.67. The Morgan fingerprint density at radius 3 is 2.18 bits per heavy atom. The number of halogens is 3. The first-order valence-electron chi connectivity index (χ1n) is 8.51. The molecule has 2 heterocycles. The number of carbonyl (C=O) groups excluding carboxylic acids is 1. The fourth-order valence-corrected chi connectivity index (χ4v) is 4.41. The molecule has 1 aromatic heterocycles. The lowest BCUT2D eigenvalue weighted by atomic mass is 10.2. The van der Waals surface area contributed by atoms with Gasteiger partial charge in [-0.1, -0.05) is 30.3 Å². The number of nitrogens with zero attached hydrogens (tertiary/aromatic N) is 3. The number of piperazine rings is 1. The molecular weight excluding hydrogens is 395 g/mol. The van der Waals surface area contributed by atoms with Gasteiger partial charge in [-0.3, -0.25) is 9.78 Å². The third kappa shape index (κ3) is 4.68. The number of aromatic nitrogens is 1. The molecule has 0 bridgehead atoms. The van der Waals surface area contributed by atoms with Crippen molar-refractivity contribution < 1.29 is 26.4 Å². The molecule has 0 saturated carbocycles. The van der Waals surface area contributed by atoms with Gasteiger partial charge in [-0.2, -0.15) is 17.5 Å². The maximum Gasteiger partial charge on any atom is 0.417 e. The highest BCUT2D eigenvalue weighted by molar-refractivity contribution is 7.88. The molecule has 1 saturated heterocycles. The smallest absolute Gasteiger partial charge is 0.335 e. The van der Waals surface area contributed by atoms with E-state index < -0.39 is 27.7 Å². The maximum absolute atomic E-state index is 12.6. The molecule has 1 aliphatic heterocycles. The molecule has 28 heavy (non-hydrogen) atoms. The van der Waals surface area contributed by atoms with Gasteiger partial charge < -0.3 is 4.90 Å². The predicted molar refractivity (Wildman–Crippen MR) is 95.8 cm³/mol. The quantitative estimate of drug-likeness (QED) is 0.772. The van der Waals surface area contributed by atoms with Crippen molar-refractivity contribution in [3.8, 4) is 0 Å².